The van der Waals surface area contributed by atoms with Gasteiger partial charge in [-0.2, -0.15) is 9.97 Å². The molecular weight excluding hydrogens is 1400 g/mol. The highest BCUT2D eigenvalue weighted by atomic mass is 16.3. The van der Waals surface area contributed by atoms with Crippen LogP contribution in [0, 0.1) is 0 Å². The van der Waals surface area contributed by atoms with E-state index in [2.05, 4.69) is 293 Å². The molecule has 25 aromatic rings. The van der Waals surface area contributed by atoms with E-state index in [0.29, 0.717) is 23.5 Å². The number of benzene rings is 17. The van der Waals surface area contributed by atoms with Gasteiger partial charge in [0, 0.05) is 87.4 Å². The van der Waals surface area contributed by atoms with Crippen LogP contribution in [0.5, 0.6) is 0 Å². The molecule has 0 N–H and O–H groups in total. The van der Waals surface area contributed by atoms with Crippen LogP contribution in [0.15, 0.2) is 377 Å². The van der Waals surface area contributed by atoms with Gasteiger partial charge >= 0.3 is 0 Å². The van der Waals surface area contributed by atoms with Crippen molar-refractivity contribution in [1.82, 2.24) is 38.6 Å². The van der Waals surface area contributed by atoms with Crippen LogP contribution in [0.25, 0.3) is 238 Å². The first-order chi connectivity index (χ1) is 56.5. The highest BCUT2D eigenvalue weighted by Crippen LogP contribution is 2.49. The van der Waals surface area contributed by atoms with Crippen LogP contribution in [0.2, 0.25) is 0 Å². The van der Waals surface area contributed by atoms with Gasteiger partial charge in [-0.25, -0.2) is 15.0 Å². The van der Waals surface area contributed by atoms with Gasteiger partial charge in [-0.3, -0.25) is 9.13 Å². The number of para-hydroxylation sites is 5. The van der Waals surface area contributed by atoms with Crippen LogP contribution in [0.3, 0.4) is 0 Å². The number of nitrogens with zero attached hydrogens (tertiary/aromatic N) is 8. The number of fused-ring (bicyclic) bond motifs is 25. The first-order valence-corrected chi connectivity index (χ1v) is 38.4. The van der Waals surface area contributed by atoms with Gasteiger partial charge < -0.3 is 17.8 Å². The topological polar surface area (TPSA) is 119 Å². The fraction of sp³-hybridized carbons (Fsp3) is 0. The van der Waals surface area contributed by atoms with Crippen LogP contribution in [0.1, 0.15) is 0 Å². The summed E-state index contributed by atoms with van der Waals surface area (Å²) in [6.07, 6.45) is 0. The third kappa shape index (κ3) is 9.66. The normalized spacial score (nSPS) is 12.0. The van der Waals surface area contributed by atoms with E-state index in [9.17, 15) is 0 Å². The van der Waals surface area contributed by atoms with Gasteiger partial charge in [0.15, 0.2) is 11.6 Å². The second-order valence-electron chi connectivity index (χ2n) is 29.3. The minimum Gasteiger partial charge on any atom is -0.456 e. The molecule has 0 unspecified atom stereocenters. The summed E-state index contributed by atoms with van der Waals surface area (Å²) in [6, 6.07) is 127. The average molecular weight is 1460 g/mol. The first-order valence-electron chi connectivity index (χ1n) is 38.4. The molecule has 25 rings (SSSR count). The fourth-order valence-electron chi connectivity index (χ4n) is 17.9. The van der Waals surface area contributed by atoms with E-state index in [1.165, 1.54) is 21.9 Å². The Labute approximate surface area is 649 Å². The van der Waals surface area contributed by atoms with Crippen LogP contribution >= 0.6 is 0 Å². The Kier molecular flexibility index (Phi) is 13.9. The standard InChI is InChI=1S/C54H32N4O.C49H28N4O2/c1-3-15-33(16-4-1)35-27-29-46-42(31-35)37-20-10-13-25-44(37)57(46)48-32-49-50(38-21-8-7-19-36(38)48)41-28-30-47-51(53(41)59-49)40-23-11-14-26-45(40)58(47)54-55-43-24-12-9-22-39(43)52(56-54)34-17-5-2-6-18-34;1-3-13-29(14-4-1)47-50-48(30-15-5-2-6-16-30)52-49(51-47)53-39-21-11-9-20-36(39)45-40(53)26-25-37-44-35-19-8-7-17-32(35)38(28-43(44)55-46(37)45)31-23-24-34-33-18-10-12-22-41(33)54-42(34)27-31/h1-32H;1-28H. The Bertz CT molecular complexity index is 8240. The number of aromatic nitrogens is 8. The molecule has 0 aliphatic heterocycles. The highest BCUT2D eigenvalue weighted by molar-refractivity contribution is 6.31. The lowest BCUT2D eigenvalue weighted by molar-refractivity contribution is 0.669. The number of hydrogen-bond donors (Lipinski definition) is 0. The summed E-state index contributed by atoms with van der Waals surface area (Å²) in [5.74, 6) is 2.39. The van der Waals surface area contributed by atoms with E-state index in [1.807, 2.05) is 84.9 Å². The predicted molar refractivity (Wildman–Crippen MR) is 466 cm³/mol. The van der Waals surface area contributed by atoms with Crippen molar-refractivity contribution in [3.05, 3.63) is 364 Å². The summed E-state index contributed by atoms with van der Waals surface area (Å²) < 4.78 is 27.3. The van der Waals surface area contributed by atoms with Crippen LogP contribution < -0.4 is 0 Å². The Morgan fingerprint density at radius 3 is 1.26 bits per heavy atom. The van der Waals surface area contributed by atoms with E-state index in [-0.39, 0.29) is 0 Å². The Morgan fingerprint density at radius 1 is 0.202 bits per heavy atom. The van der Waals surface area contributed by atoms with Crippen LogP contribution in [-0.4, -0.2) is 38.6 Å². The van der Waals surface area contributed by atoms with Crippen molar-refractivity contribution in [3.63, 3.8) is 0 Å². The van der Waals surface area contributed by atoms with Gasteiger partial charge in [0.05, 0.1) is 60.8 Å². The third-order valence-electron chi connectivity index (χ3n) is 23.0. The van der Waals surface area contributed by atoms with Crippen molar-refractivity contribution in [1.29, 1.82) is 0 Å². The van der Waals surface area contributed by atoms with Crippen LogP contribution in [-0.2, 0) is 0 Å². The average Bonchev–Trinajstić information content (AvgIpc) is 1.55. The van der Waals surface area contributed by atoms with Crippen molar-refractivity contribution in [3.8, 4) is 73.9 Å². The molecule has 0 aliphatic carbocycles. The maximum Gasteiger partial charge on any atom is 0.238 e. The molecule has 11 heteroatoms. The fourth-order valence-corrected chi connectivity index (χ4v) is 17.9. The minimum absolute atomic E-state index is 0.545. The molecule has 0 bridgehead atoms. The zero-order chi connectivity index (χ0) is 74.6. The number of rotatable bonds is 8. The van der Waals surface area contributed by atoms with Crippen molar-refractivity contribution < 1.29 is 13.3 Å². The molecule has 0 saturated carbocycles. The second-order valence-corrected chi connectivity index (χ2v) is 29.3. The van der Waals surface area contributed by atoms with E-state index < -0.39 is 0 Å². The Balaban J connectivity index is 0.000000132. The zero-order valence-corrected chi connectivity index (χ0v) is 60.9. The lowest BCUT2D eigenvalue weighted by atomic mass is 9.94. The van der Waals surface area contributed by atoms with Gasteiger partial charge in [-0.05, 0) is 123 Å². The Morgan fingerprint density at radius 2 is 0.640 bits per heavy atom. The Hall–Kier alpha value is -15.6. The molecule has 0 atom stereocenters. The summed E-state index contributed by atoms with van der Waals surface area (Å²) in [5, 5.41) is 18.8. The predicted octanol–water partition coefficient (Wildman–Crippen LogP) is 27.1. The van der Waals surface area contributed by atoms with Gasteiger partial charge in [0.1, 0.15) is 33.5 Å². The third-order valence-corrected chi connectivity index (χ3v) is 23.0. The quantitative estimate of drug-likeness (QED) is 0.148. The molecule has 0 spiro atoms. The van der Waals surface area contributed by atoms with Gasteiger partial charge in [-0.15, -0.1) is 0 Å². The smallest absolute Gasteiger partial charge is 0.238 e. The molecule has 0 aliphatic rings. The molecule has 530 valence electrons. The largest absolute Gasteiger partial charge is 0.456 e. The van der Waals surface area contributed by atoms with Crippen LogP contribution in [0.4, 0.5) is 0 Å². The summed E-state index contributed by atoms with van der Waals surface area (Å²) in [6.45, 7) is 0. The SMILES string of the molecule is c1ccc(-c2ccc3c(c2)c2ccccc2n3-c2cc3oc4c(ccc5c4c4ccccc4n5-c4nc(-c5ccccc5)c5ccccc5n4)c3c3ccccc23)cc1.c1ccc(-c2nc(-c3ccccc3)nc(-n3c4ccccc4c4c5oc6cc(-c7ccc8c(c7)oc7ccccc78)c7ccccc7c6c5ccc43)n2)cc1. The highest BCUT2D eigenvalue weighted by Gasteiger charge is 2.27. The van der Waals surface area contributed by atoms with Crippen molar-refractivity contribution in [2.75, 3.05) is 0 Å². The molecule has 0 saturated heterocycles. The van der Waals surface area contributed by atoms with Crippen molar-refractivity contribution in [2.45, 2.75) is 0 Å². The van der Waals surface area contributed by atoms with Crippen molar-refractivity contribution >= 4 is 164 Å². The van der Waals surface area contributed by atoms with E-state index in [4.69, 9.17) is 38.2 Å². The van der Waals surface area contributed by atoms with Crippen molar-refractivity contribution in [2.24, 2.45) is 0 Å². The number of furan rings is 3. The first kappa shape index (κ1) is 63.3. The second kappa shape index (κ2) is 25.0. The summed E-state index contributed by atoms with van der Waals surface area (Å²) >= 11 is 0. The van der Waals surface area contributed by atoms with Gasteiger partial charge in [0.25, 0.3) is 0 Å². The minimum atomic E-state index is 0.545. The molecule has 114 heavy (non-hydrogen) atoms. The lowest BCUT2D eigenvalue weighted by Crippen LogP contribution is -2.06. The molecule has 0 fully saturated rings. The molecular formula is C103H60N8O3. The lowest BCUT2D eigenvalue weighted by Gasteiger charge is -2.13. The maximum atomic E-state index is 7.17. The summed E-state index contributed by atoms with van der Waals surface area (Å²) in [4.78, 5) is 25.7. The summed E-state index contributed by atoms with van der Waals surface area (Å²) in [7, 11) is 0. The number of hydrogen-bond acceptors (Lipinski definition) is 8. The van der Waals surface area contributed by atoms with E-state index >= 15 is 0 Å². The molecule has 8 heterocycles. The molecule has 0 radical (unpaired) electrons. The molecule has 8 aromatic heterocycles. The van der Waals surface area contributed by atoms with Gasteiger partial charge in [0.2, 0.25) is 11.9 Å². The zero-order valence-electron chi connectivity index (χ0n) is 60.9. The molecule has 0 amide bonds. The molecule has 17 aromatic carbocycles. The maximum absolute atomic E-state index is 7.17. The molecule has 11 nitrogen and oxygen atoms in total. The monoisotopic (exact) mass is 1460 g/mol. The van der Waals surface area contributed by atoms with E-state index in [1.54, 1.807) is 0 Å². The van der Waals surface area contributed by atoms with E-state index in [0.717, 1.165) is 192 Å². The van der Waals surface area contributed by atoms with Gasteiger partial charge in [-0.1, -0.05) is 273 Å². The summed E-state index contributed by atoms with van der Waals surface area (Å²) in [5.41, 5.74) is 21.7.